The van der Waals surface area contributed by atoms with Crippen LogP contribution in [0.2, 0.25) is 0 Å². The Labute approximate surface area is 186 Å². The Hall–Kier alpha value is -2.40. The highest BCUT2D eigenvalue weighted by atomic mass is 32.2. The molecule has 0 saturated carbocycles. The molecule has 4 rings (SSSR count). The molecule has 0 amide bonds. The molecular formula is C20H24FN7S2. The maximum Gasteiger partial charge on any atom is 0.159 e. The van der Waals surface area contributed by atoms with Crippen molar-refractivity contribution >= 4 is 54.3 Å². The van der Waals surface area contributed by atoms with Crippen molar-refractivity contribution in [1.82, 2.24) is 19.6 Å². The van der Waals surface area contributed by atoms with Crippen molar-refractivity contribution in [3.63, 3.8) is 0 Å². The van der Waals surface area contributed by atoms with E-state index in [1.165, 1.54) is 12.3 Å². The lowest BCUT2D eigenvalue weighted by atomic mass is 10.1. The van der Waals surface area contributed by atoms with Crippen molar-refractivity contribution < 1.29 is 4.39 Å². The Balaban J connectivity index is 0.00000256. The van der Waals surface area contributed by atoms with Crippen LogP contribution in [0.25, 0.3) is 22.3 Å². The van der Waals surface area contributed by atoms with Gasteiger partial charge in [0, 0.05) is 62.0 Å². The van der Waals surface area contributed by atoms with Crippen LogP contribution in [-0.2, 0) is 0 Å². The quantitative estimate of drug-likeness (QED) is 0.355. The summed E-state index contributed by atoms with van der Waals surface area (Å²) in [6.45, 7) is 2.87. The lowest BCUT2D eigenvalue weighted by molar-refractivity contribution is 0.575. The summed E-state index contributed by atoms with van der Waals surface area (Å²) in [5.74, 6) is -0.488. The number of fused-ring (bicyclic) bond motifs is 1. The van der Waals surface area contributed by atoms with Crippen LogP contribution in [0.1, 0.15) is 5.56 Å². The molecule has 1 aliphatic rings. The van der Waals surface area contributed by atoms with Gasteiger partial charge >= 0.3 is 0 Å². The maximum absolute atomic E-state index is 14.2. The molecular weight excluding hydrogens is 421 g/mol. The number of nitrogens with zero attached hydrogens (tertiary/aromatic N) is 5. The number of aliphatic imine (C=N–C) groups is 1. The zero-order valence-electron chi connectivity index (χ0n) is 16.8. The second kappa shape index (κ2) is 9.61. The molecule has 158 valence electrons. The molecule has 0 aliphatic carbocycles. The number of anilines is 2. The minimum absolute atomic E-state index is 0. The lowest BCUT2D eigenvalue weighted by Gasteiger charge is -2.22. The van der Waals surface area contributed by atoms with E-state index in [4.69, 9.17) is 5.73 Å². The fourth-order valence-corrected chi connectivity index (χ4v) is 4.00. The van der Waals surface area contributed by atoms with Crippen molar-refractivity contribution in [1.29, 1.82) is 0 Å². The van der Waals surface area contributed by atoms with Crippen LogP contribution in [0.4, 0.5) is 15.8 Å². The highest BCUT2D eigenvalue weighted by molar-refractivity contribution is 7.98. The van der Waals surface area contributed by atoms with E-state index in [0.717, 1.165) is 30.8 Å². The summed E-state index contributed by atoms with van der Waals surface area (Å²) >= 11 is 1.66. The molecule has 0 unspecified atom stereocenters. The summed E-state index contributed by atoms with van der Waals surface area (Å²) in [5, 5.41) is 4.23. The van der Waals surface area contributed by atoms with Gasteiger partial charge < -0.3 is 15.4 Å². The summed E-state index contributed by atoms with van der Waals surface area (Å²) in [4.78, 5) is 13.1. The van der Waals surface area contributed by atoms with Crippen molar-refractivity contribution in [3.05, 3.63) is 47.9 Å². The van der Waals surface area contributed by atoms with Crippen LogP contribution in [0.5, 0.6) is 0 Å². The van der Waals surface area contributed by atoms with E-state index < -0.39 is 5.82 Å². The number of pyridine rings is 2. The van der Waals surface area contributed by atoms with Crippen LogP contribution in [0.15, 0.2) is 41.5 Å². The predicted molar refractivity (Wildman–Crippen MR) is 129 cm³/mol. The zero-order valence-corrected chi connectivity index (χ0v) is 18.6. The van der Waals surface area contributed by atoms with Crippen LogP contribution in [-0.4, -0.2) is 54.3 Å². The third-order valence-electron chi connectivity index (χ3n) is 4.68. The van der Waals surface area contributed by atoms with Gasteiger partial charge in [0.25, 0.3) is 0 Å². The van der Waals surface area contributed by atoms with Crippen molar-refractivity contribution in [2.75, 3.05) is 43.9 Å². The smallest absolute Gasteiger partial charge is 0.159 e. The van der Waals surface area contributed by atoms with Gasteiger partial charge in [0.15, 0.2) is 5.65 Å². The molecule has 1 aromatic carbocycles. The third-order valence-corrected chi connectivity index (χ3v) is 5.68. The average molecular weight is 446 g/mol. The number of nitrogens with two attached hydrogens (primary N) is 1. The van der Waals surface area contributed by atoms with Gasteiger partial charge in [-0.15, -0.1) is 0 Å². The highest BCUT2D eigenvalue weighted by Gasteiger charge is 2.15. The topological polar surface area (TPSA) is 82.7 Å². The molecule has 2 aromatic heterocycles. The molecule has 7 nitrogen and oxygen atoms in total. The number of nitrogens with one attached hydrogen (secondary N) is 1. The maximum atomic E-state index is 14.2. The van der Waals surface area contributed by atoms with Crippen LogP contribution in [0.3, 0.4) is 0 Å². The Morgan fingerprint density at radius 3 is 2.90 bits per heavy atom. The minimum atomic E-state index is -0.488. The summed E-state index contributed by atoms with van der Waals surface area (Å²) in [5.41, 5.74) is 9.27. The van der Waals surface area contributed by atoms with Crippen molar-refractivity contribution in [2.24, 2.45) is 4.99 Å². The normalized spacial score (nSPS) is 14.4. The Morgan fingerprint density at radius 1 is 1.33 bits per heavy atom. The highest BCUT2D eigenvalue weighted by Crippen LogP contribution is 2.29. The molecule has 0 bridgehead atoms. The van der Waals surface area contributed by atoms with Gasteiger partial charge in [0.1, 0.15) is 5.82 Å². The van der Waals surface area contributed by atoms with Crippen LogP contribution >= 0.6 is 25.6 Å². The first-order valence-corrected chi connectivity index (χ1v) is 9.94. The Morgan fingerprint density at radius 2 is 2.17 bits per heavy atom. The molecule has 3 aromatic rings. The van der Waals surface area contributed by atoms with Crippen molar-refractivity contribution in [2.45, 2.75) is 0 Å². The van der Waals surface area contributed by atoms with Crippen LogP contribution in [0, 0.1) is 5.82 Å². The molecule has 1 saturated heterocycles. The van der Waals surface area contributed by atoms with E-state index in [1.54, 1.807) is 31.4 Å². The second-order valence-electron chi connectivity index (χ2n) is 6.73. The summed E-state index contributed by atoms with van der Waals surface area (Å²) in [6.07, 6.45) is 3.34. The SMILES string of the molecule is CN=Cc1cc(-c2ccc3cc(N(C)SN4CCNC4)cnc3n2)cc(F)c1N.S. The summed E-state index contributed by atoms with van der Waals surface area (Å²) in [6, 6.07) is 9.03. The number of halogens is 1. The van der Waals surface area contributed by atoms with E-state index in [9.17, 15) is 4.39 Å². The largest absolute Gasteiger partial charge is 0.396 e. The molecule has 3 heterocycles. The second-order valence-corrected chi connectivity index (χ2v) is 7.96. The van der Waals surface area contributed by atoms with E-state index in [0.29, 0.717) is 22.5 Å². The van der Waals surface area contributed by atoms with E-state index in [2.05, 4.69) is 28.9 Å². The fourth-order valence-electron chi connectivity index (χ4n) is 3.14. The zero-order chi connectivity index (χ0) is 20.4. The van der Waals surface area contributed by atoms with E-state index in [1.807, 2.05) is 25.2 Å². The third kappa shape index (κ3) is 4.67. The van der Waals surface area contributed by atoms with Gasteiger partial charge in [-0.25, -0.2) is 18.7 Å². The molecule has 0 atom stereocenters. The first-order chi connectivity index (χ1) is 14.0. The first-order valence-electron chi connectivity index (χ1n) is 9.21. The molecule has 0 radical (unpaired) electrons. The standard InChI is InChI=1S/C20H22FN7S.H2S/c1-23-10-15-7-14(9-17(21)19(15)22)18-4-3-13-8-16(11-25-20(13)26-18)27(2)29-28-6-5-24-12-28;/h3-4,7-11,24H,5-6,12,22H2,1-2H3;1H2. The number of nitrogen functional groups attached to an aromatic ring is 1. The monoisotopic (exact) mass is 445 g/mol. The van der Waals surface area contributed by atoms with Gasteiger partial charge in [-0.1, -0.05) is 0 Å². The molecule has 1 aliphatic heterocycles. The Bertz CT molecular complexity index is 1070. The van der Waals surface area contributed by atoms with E-state index in [-0.39, 0.29) is 19.2 Å². The van der Waals surface area contributed by atoms with Crippen LogP contribution < -0.4 is 15.4 Å². The number of benzene rings is 1. The molecule has 30 heavy (non-hydrogen) atoms. The van der Waals surface area contributed by atoms with Gasteiger partial charge in [0.2, 0.25) is 0 Å². The van der Waals surface area contributed by atoms with Gasteiger partial charge in [-0.3, -0.25) is 4.99 Å². The van der Waals surface area contributed by atoms with Crippen molar-refractivity contribution in [3.8, 4) is 11.3 Å². The van der Waals surface area contributed by atoms with E-state index >= 15 is 0 Å². The predicted octanol–water partition coefficient (Wildman–Crippen LogP) is 3.04. The number of hydrogen-bond donors (Lipinski definition) is 2. The van der Waals surface area contributed by atoms with Gasteiger partial charge in [0.05, 0.1) is 29.9 Å². The number of rotatable bonds is 5. The van der Waals surface area contributed by atoms with Gasteiger partial charge in [-0.05, 0) is 30.3 Å². The average Bonchev–Trinajstić information content (AvgIpc) is 3.23. The molecule has 10 heteroatoms. The molecule has 0 spiro atoms. The molecule has 1 fully saturated rings. The minimum Gasteiger partial charge on any atom is -0.396 e. The summed E-state index contributed by atoms with van der Waals surface area (Å²) in [7, 11) is 3.64. The van der Waals surface area contributed by atoms with Gasteiger partial charge in [-0.2, -0.15) is 13.5 Å². The lowest BCUT2D eigenvalue weighted by Crippen LogP contribution is -2.21. The number of hydrogen-bond acceptors (Lipinski definition) is 8. The Kier molecular flexibility index (Phi) is 7.14. The first kappa shape index (κ1) is 22.3. The molecule has 3 N–H and O–H groups in total. The summed E-state index contributed by atoms with van der Waals surface area (Å²) < 4.78 is 18.6. The fraction of sp³-hybridized carbons (Fsp3) is 0.250. The number of aromatic nitrogens is 2.